The van der Waals surface area contributed by atoms with Crippen LogP contribution < -0.4 is 15.8 Å². The lowest BCUT2D eigenvalue weighted by molar-refractivity contribution is -0.121. The molecule has 0 radical (unpaired) electrons. The van der Waals surface area contributed by atoms with Gasteiger partial charge in [-0.1, -0.05) is 24.4 Å². The van der Waals surface area contributed by atoms with Gasteiger partial charge in [-0.05, 0) is 25.0 Å². The molecule has 2 atom stereocenters. The minimum atomic E-state index is -0.101. The molecule has 19 heavy (non-hydrogen) atoms. The molecule has 2 rings (SSSR count). The highest BCUT2D eigenvalue weighted by atomic mass is 35.5. The molecule has 5 heteroatoms. The fraction of sp³-hybridized carbons (Fsp3) is 0.500. The minimum Gasteiger partial charge on any atom is -0.495 e. The zero-order chi connectivity index (χ0) is 13.8. The Morgan fingerprint density at radius 3 is 2.84 bits per heavy atom. The molecule has 0 aliphatic heterocycles. The average molecular weight is 283 g/mol. The summed E-state index contributed by atoms with van der Waals surface area (Å²) in [4.78, 5) is 12.2. The van der Waals surface area contributed by atoms with Crippen molar-refractivity contribution < 1.29 is 9.53 Å². The smallest absolute Gasteiger partial charge is 0.229 e. The van der Waals surface area contributed by atoms with Crippen LogP contribution in [-0.2, 0) is 4.79 Å². The average Bonchev–Trinajstić information content (AvgIpc) is 2.41. The maximum absolute atomic E-state index is 12.2. The summed E-state index contributed by atoms with van der Waals surface area (Å²) in [6.07, 6.45) is 3.95. The van der Waals surface area contributed by atoms with Crippen LogP contribution in [0.2, 0.25) is 5.02 Å². The van der Waals surface area contributed by atoms with Crippen molar-refractivity contribution in [2.45, 2.75) is 31.7 Å². The van der Waals surface area contributed by atoms with E-state index < -0.39 is 0 Å². The number of hydrogen-bond donors (Lipinski definition) is 2. The van der Waals surface area contributed by atoms with Gasteiger partial charge in [0.15, 0.2) is 0 Å². The molecule has 0 saturated heterocycles. The van der Waals surface area contributed by atoms with Crippen LogP contribution in [0.5, 0.6) is 5.75 Å². The van der Waals surface area contributed by atoms with Gasteiger partial charge in [-0.3, -0.25) is 4.79 Å². The number of rotatable bonds is 3. The molecule has 3 N–H and O–H groups in total. The number of amides is 1. The number of nitrogens with two attached hydrogens (primary N) is 1. The molecule has 2 unspecified atom stereocenters. The number of carbonyl (C=O) groups excluding carboxylic acids is 1. The van der Waals surface area contributed by atoms with Gasteiger partial charge in [-0.25, -0.2) is 0 Å². The highest BCUT2D eigenvalue weighted by Crippen LogP contribution is 2.29. The first-order valence-corrected chi connectivity index (χ1v) is 6.89. The summed E-state index contributed by atoms with van der Waals surface area (Å²) in [5.74, 6) is 0.430. The Morgan fingerprint density at radius 1 is 1.42 bits per heavy atom. The fourth-order valence-corrected chi connectivity index (χ4v) is 2.65. The van der Waals surface area contributed by atoms with Gasteiger partial charge in [0.25, 0.3) is 0 Å². The monoisotopic (exact) mass is 282 g/mol. The van der Waals surface area contributed by atoms with Crippen LogP contribution in [0.1, 0.15) is 25.7 Å². The quantitative estimate of drug-likeness (QED) is 0.896. The molecule has 0 aromatic heterocycles. The van der Waals surface area contributed by atoms with Gasteiger partial charge in [-0.15, -0.1) is 0 Å². The number of halogens is 1. The lowest BCUT2D eigenvalue weighted by atomic mass is 9.84. The van der Waals surface area contributed by atoms with Crippen LogP contribution in [0.4, 0.5) is 5.69 Å². The summed E-state index contributed by atoms with van der Waals surface area (Å²) in [5, 5.41) is 3.41. The van der Waals surface area contributed by atoms with Crippen molar-refractivity contribution in [3.63, 3.8) is 0 Å². The molecule has 1 aromatic rings. The molecule has 1 saturated carbocycles. The molecular formula is C14H19ClN2O2. The van der Waals surface area contributed by atoms with Crippen molar-refractivity contribution in [2.24, 2.45) is 11.7 Å². The van der Waals surface area contributed by atoms with E-state index in [0.717, 1.165) is 25.7 Å². The molecule has 104 valence electrons. The standard InChI is InChI=1S/C14H19ClN2O2/c1-19-13-8-9(6-7-11(13)15)17-14(18)10-4-2-3-5-12(10)16/h6-8,10,12H,2-5,16H2,1H3,(H,17,18). The summed E-state index contributed by atoms with van der Waals surface area (Å²) in [7, 11) is 1.55. The molecule has 0 heterocycles. The number of carbonyl (C=O) groups is 1. The second-order valence-electron chi connectivity index (χ2n) is 4.89. The Bertz CT molecular complexity index is 465. The number of nitrogens with one attached hydrogen (secondary N) is 1. The SMILES string of the molecule is COc1cc(NC(=O)C2CCCCC2N)ccc1Cl. The van der Waals surface area contributed by atoms with Crippen LogP contribution in [0.15, 0.2) is 18.2 Å². The Morgan fingerprint density at radius 2 is 2.16 bits per heavy atom. The second kappa shape index (κ2) is 6.26. The maximum atomic E-state index is 12.2. The highest BCUT2D eigenvalue weighted by Gasteiger charge is 2.28. The van der Waals surface area contributed by atoms with E-state index in [0.29, 0.717) is 16.5 Å². The number of methoxy groups -OCH3 is 1. The van der Waals surface area contributed by atoms with Gasteiger partial charge in [0.05, 0.1) is 18.1 Å². The first-order valence-electron chi connectivity index (χ1n) is 6.52. The predicted molar refractivity (Wildman–Crippen MR) is 76.6 cm³/mol. The van der Waals surface area contributed by atoms with Crippen molar-refractivity contribution in [1.29, 1.82) is 0 Å². The highest BCUT2D eigenvalue weighted by molar-refractivity contribution is 6.32. The molecular weight excluding hydrogens is 264 g/mol. The topological polar surface area (TPSA) is 64.3 Å². The molecule has 0 bridgehead atoms. The fourth-order valence-electron chi connectivity index (χ4n) is 2.46. The molecule has 0 spiro atoms. The van der Waals surface area contributed by atoms with E-state index in [1.165, 1.54) is 0 Å². The zero-order valence-electron chi connectivity index (χ0n) is 11.0. The Hall–Kier alpha value is -1.26. The second-order valence-corrected chi connectivity index (χ2v) is 5.30. The van der Waals surface area contributed by atoms with Crippen LogP contribution in [0.25, 0.3) is 0 Å². The van der Waals surface area contributed by atoms with E-state index in [-0.39, 0.29) is 17.9 Å². The van der Waals surface area contributed by atoms with E-state index >= 15 is 0 Å². The van der Waals surface area contributed by atoms with Crippen LogP contribution in [-0.4, -0.2) is 19.1 Å². The predicted octanol–water partition coefficient (Wildman–Crippen LogP) is 2.80. The van der Waals surface area contributed by atoms with E-state index in [9.17, 15) is 4.79 Å². The third-order valence-electron chi connectivity index (χ3n) is 3.57. The van der Waals surface area contributed by atoms with E-state index in [4.69, 9.17) is 22.1 Å². The van der Waals surface area contributed by atoms with Crippen molar-refractivity contribution >= 4 is 23.2 Å². The first kappa shape index (κ1) is 14.2. The van der Waals surface area contributed by atoms with Gasteiger partial charge in [0.1, 0.15) is 5.75 Å². The summed E-state index contributed by atoms with van der Waals surface area (Å²) >= 11 is 5.95. The molecule has 4 nitrogen and oxygen atoms in total. The summed E-state index contributed by atoms with van der Waals surface area (Å²) < 4.78 is 5.13. The summed E-state index contributed by atoms with van der Waals surface area (Å²) in [5.41, 5.74) is 6.69. The van der Waals surface area contributed by atoms with Gasteiger partial charge < -0.3 is 15.8 Å². The lowest BCUT2D eigenvalue weighted by Gasteiger charge is -2.27. The third-order valence-corrected chi connectivity index (χ3v) is 3.89. The van der Waals surface area contributed by atoms with Gasteiger partial charge in [0.2, 0.25) is 5.91 Å². The van der Waals surface area contributed by atoms with Crippen LogP contribution >= 0.6 is 11.6 Å². The van der Waals surface area contributed by atoms with Crippen molar-refractivity contribution in [3.8, 4) is 5.75 Å². The number of anilines is 1. The maximum Gasteiger partial charge on any atom is 0.229 e. The van der Waals surface area contributed by atoms with Crippen molar-refractivity contribution in [2.75, 3.05) is 12.4 Å². The zero-order valence-corrected chi connectivity index (χ0v) is 11.7. The largest absolute Gasteiger partial charge is 0.495 e. The molecule has 1 amide bonds. The Labute approximate surface area is 118 Å². The molecule has 1 fully saturated rings. The van der Waals surface area contributed by atoms with Gasteiger partial charge >= 0.3 is 0 Å². The normalized spacial score (nSPS) is 22.9. The number of hydrogen-bond acceptors (Lipinski definition) is 3. The van der Waals surface area contributed by atoms with E-state index in [1.54, 1.807) is 25.3 Å². The van der Waals surface area contributed by atoms with Gasteiger partial charge in [0, 0.05) is 17.8 Å². The first-order chi connectivity index (χ1) is 9.11. The number of benzene rings is 1. The van der Waals surface area contributed by atoms with Crippen LogP contribution in [0, 0.1) is 5.92 Å². The third kappa shape index (κ3) is 3.39. The van der Waals surface area contributed by atoms with E-state index in [1.807, 2.05) is 0 Å². The van der Waals surface area contributed by atoms with Crippen molar-refractivity contribution in [3.05, 3.63) is 23.2 Å². The summed E-state index contributed by atoms with van der Waals surface area (Å²) in [6, 6.07) is 5.14. The molecule has 1 aliphatic carbocycles. The summed E-state index contributed by atoms with van der Waals surface area (Å²) in [6.45, 7) is 0. The molecule has 1 aromatic carbocycles. The van der Waals surface area contributed by atoms with E-state index in [2.05, 4.69) is 5.32 Å². The molecule has 1 aliphatic rings. The lowest BCUT2D eigenvalue weighted by Crippen LogP contribution is -2.40. The van der Waals surface area contributed by atoms with Gasteiger partial charge in [-0.2, -0.15) is 0 Å². The Balaban J connectivity index is 2.05. The van der Waals surface area contributed by atoms with Crippen molar-refractivity contribution in [1.82, 2.24) is 0 Å². The number of ether oxygens (including phenoxy) is 1. The minimum absolute atomic E-state index is 0.0171. The Kier molecular flexibility index (Phi) is 4.66. The van der Waals surface area contributed by atoms with Crippen LogP contribution in [0.3, 0.4) is 0 Å².